The fraction of sp³-hybridized carbons (Fsp3) is 0.250. The summed E-state index contributed by atoms with van der Waals surface area (Å²) in [5, 5.41) is 6.18. The second kappa shape index (κ2) is 3.71. The van der Waals surface area contributed by atoms with Crippen molar-refractivity contribution in [2.45, 2.75) is 13.5 Å². The van der Waals surface area contributed by atoms with E-state index in [0.29, 0.717) is 12.4 Å². The van der Waals surface area contributed by atoms with Gasteiger partial charge in [0.1, 0.15) is 0 Å². The molecule has 0 aliphatic rings. The number of hydrogen-bond donors (Lipinski definition) is 1. The maximum absolute atomic E-state index is 11.1. The largest absolute Gasteiger partial charge is 0.343 e. The molecule has 0 unspecified atom stereocenters. The smallest absolute Gasteiger partial charge is 0.272 e. The van der Waals surface area contributed by atoms with Gasteiger partial charge in [-0.25, -0.2) is 9.89 Å². The van der Waals surface area contributed by atoms with E-state index in [0.717, 1.165) is 0 Å². The van der Waals surface area contributed by atoms with E-state index in [1.807, 2.05) is 13.0 Å². The standard InChI is InChI=1S/C8H11N3O/c1-3-5-7-9-10-8(12)11(7)6-4-2/h3-5H,2,6H2,1H3,(H,10,12). The van der Waals surface area contributed by atoms with Crippen LogP contribution in [-0.4, -0.2) is 14.8 Å². The third kappa shape index (κ3) is 1.53. The number of allylic oxidation sites excluding steroid dienone is 2. The molecule has 0 aromatic carbocycles. The van der Waals surface area contributed by atoms with Crippen LogP contribution in [0.3, 0.4) is 0 Å². The molecule has 4 heteroatoms. The second-order valence-electron chi connectivity index (χ2n) is 2.29. The lowest BCUT2D eigenvalue weighted by Crippen LogP contribution is -2.16. The van der Waals surface area contributed by atoms with Gasteiger partial charge in [0, 0.05) is 6.54 Å². The Balaban J connectivity index is 3.11. The van der Waals surface area contributed by atoms with Crippen LogP contribution < -0.4 is 5.69 Å². The zero-order valence-electron chi connectivity index (χ0n) is 6.95. The van der Waals surface area contributed by atoms with E-state index in [1.54, 1.807) is 12.2 Å². The van der Waals surface area contributed by atoms with Crippen LogP contribution in [0, 0.1) is 0 Å². The van der Waals surface area contributed by atoms with Crippen molar-refractivity contribution < 1.29 is 0 Å². The van der Waals surface area contributed by atoms with Gasteiger partial charge >= 0.3 is 5.69 Å². The maximum atomic E-state index is 11.1. The van der Waals surface area contributed by atoms with Crippen LogP contribution in [0.15, 0.2) is 23.5 Å². The Labute approximate surface area is 70.2 Å². The predicted molar refractivity (Wildman–Crippen MR) is 47.8 cm³/mol. The monoisotopic (exact) mass is 165 g/mol. The molecule has 0 aliphatic carbocycles. The van der Waals surface area contributed by atoms with Gasteiger partial charge in [0.25, 0.3) is 0 Å². The summed E-state index contributed by atoms with van der Waals surface area (Å²) in [5.74, 6) is 0.627. The van der Waals surface area contributed by atoms with Gasteiger partial charge in [-0.3, -0.25) is 4.57 Å². The van der Waals surface area contributed by atoms with Crippen LogP contribution in [0.2, 0.25) is 0 Å². The number of H-pyrrole nitrogens is 1. The molecule has 1 rings (SSSR count). The normalized spacial score (nSPS) is 10.8. The summed E-state index contributed by atoms with van der Waals surface area (Å²) >= 11 is 0. The lowest BCUT2D eigenvalue weighted by Gasteiger charge is -1.95. The van der Waals surface area contributed by atoms with Crippen molar-refractivity contribution >= 4 is 6.08 Å². The molecule has 0 amide bonds. The van der Waals surface area contributed by atoms with Crippen LogP contribution in [0.4, 0.5) is 0 Å². The molecule has 0 aliphatic heterocycles. The average molecular weight is 165 g/mol. The predicted octanol–water partition coefficient (Wildman–Crippen LogP) is 0.790. The summed E-state index contributed by atoms with van der Waals surface area (Å²) in [6, 6.07) is 0. The van der Waals surface area contributed by atoms with Gasteiger partial charge in [0.15, 0.2) is 5.82 Å². The summed E-state index contributed by atoms with van der Waals surface area (Å²) in [6.07, 6.45) is 5.25. The summed E-state index contributed by atoms with van der Waals surface area (Å²) < 4.78 is 1.51. The highest BCUT2D eigenvalue weighted by atomic mass is 16.1. The molecular weight excluding hydrogens is 154 g/mol. The highest BCUT2D eigenvalue weighted by Gasteiger charge is 2.01. The Morgan fingerprint density at radius 2 is 2.50 bits per heavy atom. The number of hydrogen-bond acceptors (Lipinski definition) is 2. The summed E-state index contributed by atoms with van der Waals surface area (Å²) in [4.78, 5) is 11.1. The van der Waals surface area contributed by atoms with E-state index in [9.17, 15) is 4.79 Å². The molecule has 1 aromatic heterocycles. The number of nitrogens with one attached hydrogen (secondary N) is 1. The fourth-order valence-electron chi connectivity index (χ4n) is 0.912. The molecular formula is C8H11N3O. The molecule has 1 heterocycles. The van der Waals surface area contributed by atoms with Crippen molar-refractivity contribution in [2.75, 3.05) is 0 Å². The minimum absolute atomic E-state index is 0.206. The molecule has 1 N–H and O–H groups in total. The van der Waals surface area contributed by atoms with Gasteiger partial charge < -0.3 is 0 Å². The van der Waals surface area contributed by atoms with Crippen LogP contribution >= 0.6 is 0 Å². The van der Waals surface area contributed by atoms with E-state index in [4.69, 9.17) is 0 Å². The first-order valence-corrected chi connectivity index (χ1v) is 3.68. The molecule has 0 atom stereocenters. The third-order valence-corrected chi connectivity index (χ3v) is 1.42. The first kappa shape index (κ1) is 8.52. The number of aromatic nitrogens is 3. The Morgan fingerprint density at radius 1 is 1.75 bits per heavy atom. The van der Waals surface area contributed by atoms with E-state index < -0.39 is 0 Å². The SMILES string of the molecule is C=CCn1c(C=CC)n[nH]c1=O. The van der Waals surface area contributed by atoms with E-state index in [1.165, 1.54) is 4.57 Å². The zero-order valence-corrected chi connectivity index (χ0v) is 6.95. The lowest BCUT2D eigenvalue weighted by atomic mass is 10.5. The number of aromatic amines is 1. The minimum Gasteiger partial charge on any atom is -0.272 e. The highest BCUT2D eigenvalue weighted by Crippen LogP contribution is 1.93. The maximum Gasteiger partial charge on any atom is 0.343 e. The molecule has 0 fully saturated rings. The molecule has 12 heavy (non-hydrogen) atoms. The van der Waals surface area contributed by atoms with Crippen LogP contribution in [0.5, 0.6) is 0 Å². The summed E-state index contributed by atoms with van der Waals surface area (Å²) in [6.45, 7) is 5.91. The molecule has 0 bridgehead atoms. The van der Waals surface area contributed by atoms with Crippen molar-refractivity contribution in [1.29, 1.82) is 0 Å². The minimum atomic E-state index is -0.206. The van der Waals surface area contributed by atoms with E-state index in [2.05, 4.69) is 16.8 Å². The fourth-order valence-corrected chi connectivity index (χ4v) is 0.912. The van der Waals surface area contributed by atoms with Crippen LogP contribution in [0.1, 0.15) is 12.7 Å². The molecule has 0 saturated heterocycles. The van der Waals surface area contributed by atoms with Crippen molar-refractivity contribution in [2.24, 2.45) is 0 Å². The first-order chi connectivity index (χ1) is 5.79. The van der Waals surface area contributed by atoms with E-state index >= 15 is 0 Å². The quantitative estimate of drug-likeness (QED) is 0.673. The van der Waals surface area contributed by atoms with Crippen molar-refractivity contribution in [3.63, 3.8) is 0 Å². The molecule has 1 aromatic rings. The first-order valence-electron chi connectivity index (χ1n) is 3.68. The molecule has 64 valence electrons. The topological polar surface area (TPSA) is 50.7 Å². The zero-order chi connectivity index (χ0) is 8.97. The van der Waals surface area contributed by atoms with Crippen molar-refractivity contribution in [3.8, 4) is 0 Å². The Kier molecular flexibility index (Phi) is 2.63. The molecule has 4 nitrogen and oxygen atoms in total. The van der Waals surface area contributed by atoms with Gasteiger partial charge in [-0.05, 0) is 13.0 Å². The van der Waals surface area contributed by atoms with Crippen LogP contribution in [0.25, 0.3) is 6.08 Å². The van der Waals surface area contributed by atoms with Gasteiger partial charge in [0.05, 0.1) is 0 Å². The second-order valence-corrected chi connectivity index (χ2v) is 2.29. The van der Waals surface area contributed by atoms with Gasteiger partial charge in [-0.15, -0.1) is 6.58 Å². The number of rotatable bonds is 3. The highest BCUT2D eigenvalue weighted by molar-refractivity contribution is 5.38. The lowest BCUT2D eigenvalue weighted by molar-refractivity contribution is 0.774. The van der Waals surface area contributed by atoms with E-state index in [-0.39, 0.29) is 5.69 Å². The Hall–Kier alpha value is -1.58. The molecule has 0 saturated carbocycles. The summed E-state index contributed by atoms with van der Waals surface area (Å²) in [7, 11) is 0. The van der Waals surface area contributed by atoms with Crippen molar-refractivity contribution in [1.82, 2.24) is 14.8 Å². The van der Waals surface area contributed by atoms with Crippen LogP contribution in [-0.2, 0) is 6.54 Å². The third-order valence-electron chi connectivity index (χ3n) is 1.42. The number of nitrogens with zero attached hydrogens (tertiary/aromatic N) is 2. The van der Waals surface area contributed by atoms with Gasteiger partial charge in [-0.2, -0.15) is 5.10 Å². The average Bonchev–Trinajstić information content (AvgIpc) is 2.37. The van der Waals surface area contributed by atoms with Crippen molar-refractivity contribution in [3.05, 3.63) is 35.0 Å². The molecule has 0 spiro atoms. The Morgan fingerprint density at radius 3 is 3.08 bits per heavy atom. The van der Waals surface area contributed by atoms with Gasteiger partial charge in [0.2, 0.25) is 0 Å². The molecule has 0 radical (unpaired) electrons. The van der Waals surface area contributed by atoms with Gasteiger partial charge in [-0.1, -0.05) is 12.2 Å². The summed E-state index contributed by atoms with van der Waals surface area (Å²) in [5.41, 5.74) is -0.206. The Bertz CT molecular complexity index is 345.